The van der Waals surface area contributed by atoms with Crippen LogP contribution < -0.4 is 11.5 Å². The number of rotatable bonds is 4. The summed E-state index contributed by atoms with van der Waals surface area (Å²) in [5, 5.41) is 33.8. The largest absolute Gasteiger partial charge is 0.511 e. The first-order valence-corrected chi connectivity index (χ1v) is 12.7. The van der Waals surface area contributed by atoms with E-state index in [1.54, 1.807) is 19.0 Å². The van der Waals surface area contributed by atoms with E-state index in [1.807, 2.05) is 0 Å². The van der Waals surface area contributed by atoms with Crippen molar-refractivity contribution in [2.24, 2.45) is 29.2 Å². The second-order valence-electron chi connectivity index (χ2n) is 10.6. The van der Waals surface area contributed by atoms with E-state index in [4.69, 9.17) is 11.5 Å². The highest BCUT2D eigenvalue weighted by atomic mass is 19.1. The number of allylic oxidation sites excluding steroid dienone is 2. The summed E-state index contributed by atoms with van der Waals surface area (Å²) in [6.45, 7) is 3.47. The number of carbonyl (C=O) groups is 2. The van der Waals surface area contributed by atoms with Gasteiger partial charge in [-0.3, -0.25) is 14.5 Å². The van der Waals surface area contributed by atoms with Gasteiger partial charge < -0.3 is 26.8 Å². The van der Waals surface area contributed by atoms with Gasteiger partial charge in [0.05, 0.1) is 23.1 Å². The zero-order valence-electron chi connectivity index (χ0n) is 22.0. The molecule has 5 rings (SSSR count). The summed E-state index contributed by atoms with van der Waals surface area (Å²) in [4.78, 5) is 28.1. The Morgan fingerprint density at radius 1 is 1.15 bits per heavy atom. The second kappa shape index (κ2) is 9.75. The number of likely N-dealkylation sites (N-methyl/N-ethyl adjacent to an activating group) is 1. The van der Waals surface area contributed by atoms with Gasteiger partial charge in [0.15, 0.2) is 5.78 Å². The lowest BCUT2D eigenvalue weighted by atomic mass is 9.59. The average Bonchev–Trinajstić information content (AvgIpc) is 2.87. The Hall–Kier alpha value is -4.24. The molecule has 4 atom stereocenters. The average molecular weight is 550 g/mol. The van der Waals surface area contributed by atoms with Crippen molar-refractivity contribution in [2.75, 3.05) is 14.1 Å². The molecule has 3 aliphatic carbocycles. The maximum atomic E-state index is 15.0. The van der Waals surface area contributed by atoms with Crippen LogP contribution in [0.5, 0.6) is 5.75 Å². The van der Waals surface area contributed by atoms with Crippen molar-refractivity contribution in [3.63, 3.8) is 0 Å². The molecule has 0 aromatic heterocycles. The molecule has 208 valence electrons. The van der Waals surface area contributed by atoms with Crippen molar-refractivity contribution in [3.05, 3.63) is 93.1 Å². The molecule has 0 bridgehead atoms. The summed E-state index contributed by atoms with van der Waals surface area (Å²) in [5.74, 6) is -6.18. The Morgan fingerprint density at radius 2 is 1.85 bits per heavy atom. The van der Waals surface area contributed by atoms with E-state index < -0.39 is 47.1 Å². The number of hydrogen-bond donors (Lipinski definition) is 5. The highest BCUT2D eigenvalue weighted by Crippen LogP contribution is 2.54. The molecular formula is C30H29F2N3O5. The first kappa shape index (κ1) is 27.3. The number of aliphatic hydroxyl groups is 2. The van der Waals surface area contributed by atoms with Crippen molar-refractivity contribution in [2.45, 2.75) is 25.4 Å². The number of primary amides is 1. The number of fused-ring (bicyclic) bond motifs is 3. The summed E-state index contributed by atoms with van der Waals surface area (Å²) in [6.07, 6.45) is 0.415. The quantitative estimate of drug-likeness (QED) is 0.366. The zero-order chi connectivity index (χ0) is 29.2. The minimum atomic E-state index is -0.926. The first-order chi connectivity index (χ1) is 18.9. The molecule has 0 spiro atoms. The van der Waals surface area contributed by atoms with E-state index in [2.05, 4.69) is 12.3 Å². The number of halogens is 2. The van der Waals surface area contributed by atoms with Gasteiger partial charge in [-0.05, 0) is 68.1 Å². The Kier molecular flexibility index (Phi) is 6.66. The third kappa shape index (κ3) is 3.87. The molecular weight excluding hydrogens is 520 g/mol. The maximum absolute atomic E-state index is 15.0. The van der Waals surface area contributed by atoms with Crippen LogP contribution in [0.2, 0.25) is 0 Å². The number of hydrogen-bond acceptors (Lipinski definition) is 7. The Labute approximate surface area is 229 Å². The molecule has 0 heterocycles. The number of aliphatic hydroxyl groups excluding tert-OH is 2. The summed E-state index contributed by atoms with van der Waals surface area (Å²) in [7, 11) is 3.41. The number of phenolic OH excluding ortho intramolecular Hbond substituents is 1. The van der Waals surface area contributed by atoms with Crippen molar-refractivity contribution in [1.82, 2.24) is 4.90 Å². The van der Waals surface area contributed by atoms with Crippen LogP contribution in [0.15, 0.2) is 64.8 Å². The fourth-order valence-electron chi connectivity index (χ4n) is 6.75. The van der Waals surface area contributed by atoms with Gasteiger partial charge in [0.25, 0.3) is 5.91 Å². The minimum absolute atomic E-state index is 0.0397. The van der Waals surface area contributed by atoms with Gasteiger partial charge in [0.1, 0.15) is 28.9 Å². The lowest BCUT2D eigenvalue weighted by molar-refractivity contribution is -0.114. The molecule has 0 aliphatic heterocycles. The standard InChI is InChI=1S/C30H29F2N3O5/c1-4-15-22-19(25(35(2)3)29(39)24(15)30(34)40)8-12-7-18-17(16-6-5-14(31)10-20(16)32)9-13(11-33)26(36)23(18)28(38)21(12)27(22)37/h5-6,9-10,12,19,22,25,36-37,39H,1,7-8,11,33H2,2-3H3,(H2,34,40)/t12?,19?,22?,25-/m0/s1. The molecule has 8 nitrogen and oxygen atoms in total. The number of ketones is 1. The van der Waals surface area contributed by atoms with Gasteiger partial charge in [0.2, 0.25) is 0 Å². The smallest absolute Gasteiger partial charge is 0.253 e. The van der Waals surface area contributed by atoms with E-state index in [-0.39, 0.29) is 75.6 Å². The highest BCUT2D eigenvalue weighted by Gasteiger charge is 2.53. The lowest BCUT2D eigenvalue weighted by Gasteiger charge is -2.47. The minimum Gasteiger partial charge on any atom is -0.511 e. The normalized spacial score (nSPS) is 24.1. The first-order valence-electron chi connectivity index (χ1n) is 12.7. The molecule has 3 unspecified atom stereocenters. The molecule has 0 fully saturated rings. The number of carbonyl (C=O) groups excluding carboxylic acids is 2. The van der Waals surface area contributed by atoms with Gasteiger partial charge in [0, 0.05) is 34.9 Å². The molecule has 1 amide bonds. The number of nitrogens with two attached hydrogens (primary N) is 2. The predicted octanol–water partition coefficient (Wildman–Crippen LogP) is 3.55. The van der Waals surface area contributed by atoms with Crippen LogP contribution in [0.25, 0.3) is 11.1 Å². The van der Waals surface area contributed by atoms with Crippen LogP contribution in [0.4, 0.5) is 8.78 Å². The van der Waals surface area contributed by atoms with E-state index in [9.17, 15) is 33.7 Å². The van der Waals surface area contributed by atoms with Crippen LogP contribution >= 0.6 is 0 Å². The van der Waals surface area contributed by atoms with Crippen LogP contribution in [0, 0.1) is 29.4 Å². The molecule has 40 heavy (non-hydrogen) atoms. The number of amides is 1. The second-order valence-corrected chi connectivity index (χ2v) is 10.6. The predicted molar refractivity (Wildman–Crippen MR) is 143 cm³/mol. The van der Waals surface area contributed by atoms with Crippen LogP contribution in [-0.4, -0.2) is 52.0 Å². The molecule has 0 saturated heterocycles. The van der Waals surface area contributed by atoms with E-state index in [1.165, 1.54) is 12.1 Å². The van der Waals surface area contributed by atoms with Crippen molar-refractivity contribution < 1.29 is 33.7 Å². The molecule has 2 aromatic rings. The Balaban J connectivity index is 1.76. The summed E-state index contributed by atoms with van der Waals surface area (Å²) < 4.78 is 28.7. The lowest BCUT2D eigenvalue weighted by Crippen LogP contribution is -2.50. The molecule has 0 radical (unpaired) electrons. The van der Waals surface area contributed by atoms with Crippen LogP contribution in [0.3, 0.4) is 0 Å². The Morgan fingerprint density at radius 3 is 2.42 bits per heavy atom. The number of phenols is 1. The summed E-state index contributed by atoms with van der Waals surface area (Å²) >= 11 is 0. The fraction of sp³-hybridized carbons (Fsp3) is 0.300. The van der Waals surface area contributed by atoms with Gasteiger partial charge in [-0.15, -0.1) is 5.73 Å². The SMILES string of the molecule is C=C=C1C(C(N)=O)=C(O)[C@@H](N(C)C)C2CC3Cc4c(-c5ccc(F)cc5F)cc(CN)c(O)c4C(=O)C3=C(O)C12. The van der Waals surface area contributed by atoms with E-state index in [0.29, 0.717) is 5.56 Å². The number of nitrogens with zero attached hydrogens (tertiary/aromatic N) is 1. The van der Waals surface area contributed by atoms with Crippen molar-refractivity contribution in [1.29, 1.82) is 0 Å². The van der Waals surface area contributed by atoms with Crippen molar-refractivity contribution >= 4 is 11.7 Å². The number of Topliss-reactive ketones (excluding diaryl/α,β-unsaturated/α-hetero) is 1. The van der Waals surface area contributed by atoms with Crippen LogP contribution in [-0.2, 0) is 17.8 Å². The molecule has 2 aromatic carbocycles. The number of benzene rings is 2. The maximum Gasteiger partial charge on any atom is 0.253 e. The van der Waals surface area contributed by atoms with Gasteiger partial charge >= 0.3 is 0 Å². The van der Waals surface area contributed by atoms with Gasteiger partial charge in [-0.1, -0.05) is 6.58 Å². The van der Waals surface area contributed by atoms with Gasteiger partial charge in [-0.25, -0.2) is 8.78 Å². The molecule has 3 aliphatic rings. The topological polar surface area (TPSA) is 150 Å². The molecule has 7 N–H and O–H groups in total. The molecule has 10 heteroatoms. The van der Waals surface area contributed by atoms with Gasteiger partial charge in [-0.2, -0.15) is 0 Å². The third-order valence-electron chi connectivity index (χ3n) is 8.33. The van der Waals surface area contributed by atoms with Crippen molar-refractivity contribution in [3.8, 4) is 16.9 Å². The number of aromatic hydroxyl groups is 1. The monoisotopic (exact) mass is 549 g/mol. The zero-order valence-corrected chi connectivity index (χ0v) is 22.0. The summed E-state index contributed by atoms with van der Waals surface area (Å²) in [5.41, 5.74) is 14.7. The fourth-order valence-corrected chi connectivity index (χ4v) is 6.75. The van der Waals surface area contributed by atoms with E-state index >= 15 is 0 Å². The van der Waals surface area contributed by atoms with Crippen LogP contribution in [0.1, 0.15) is 27.9 Å². The third-order valence-corrected chi connectivity index (χ3v) is 8.33. The van der Waals surface area contributed by atoms with E-state index in [0.717, 1.165) is 12.1 Å². The Bertz CT molecular complexity index is 1600. The summed E-state index contributed by atoms with van der Waals surface area (Å²) in [6, 6.07) is 3.87. The molecule has 0 saturated carbocycles. The highest BCUT2D eigenvalue weighted by molar-refractivity contribution is 6.14.